The number of carbonyl (C=O) groups is 1. The minimum atomic E-state index is 0.136. The molecular weight excluding hydrogens is 230 g/mol. The summed E-state index contributed by atoms with van der Waals surface area (Å²) in [5.74, 6) is 1.79. The number of hydrogen-bond donors (Lipinski definition) is 2. The Morgan fingerprint density at radius 3 is 3.00 bits per heavy atom. The van der Waals surface area contributed by atoms with Crippen molar-refractivity contribution < 1.29 is 4.79 Å². The lowest BCUT2D eigenvalue weighted by molar-refractivity contribution is -0.122. The first kappa shape index (κ1) is 11.6. The van der Waals surface area contributed by atoms with Gasteiger partial charge in [-0.05, 0) is 39.2 Å². The molecule has 1 atom stereocenters. The molecule has 0 unspecified atom stereocenters. The number of rotatable bonds is 4. The van der Waals surface area contributed by atoms with Crippen LogP contribution in [0.15, 0.2) is 0 Å². The second-order valence-electron chi connectivity index (χ2n) is 5.25. The Bertz CT molecular complexity index is 439. The summed E-state index contributed by atoms with van der Waals surface area (Å²) in [6.07, 6.45) is 4.41. The fourth-order valence-electron chi connectivity index (χ4n) is 2.50. The molecule has 3 rings (SSSR count). The molecule has 1 aromatic rings. The van der Waals surface area contributed by atoms with Crippen molar-refractivity contribution in [2.75, 3.05) is 13.1 Å². The van der Waals surface area contributed by atoms with Crippen LogP contribution in [0.4, 0.5) is 0 Å². The van der Waals surface area contributed by atoms with Crippen molar-refractivity contribution in [1.82, 2.24) is 25.4 Å². The van der Waals surface area contributed by atoms with E-state index < -0.39 is 0 Å². The van der Waals surface area contributed by atoms with Crippen LogP contribution in [-0.4, -0.2) is 45.1 Å². The lowest BCUT2D eigenvalue weighted by Crippen LogP contribution is -2.38. The third kappa shape index (κ3) is 2.53. The number of aromatic amines is 1. The van der Waals surface area contributed by atoms with Crippen molar-refractivity contribution >= 4 is 5.91 Å². The van der Waals surface area contributed by atoms with Gasteiger partial charge in [0.15, 0.2) is 5.82 Å². The van der Waals surface area contributed by atoms with Crippen LogP contribution in [0, 0.1) is 6.92 Å². The van der Waals surface area contributed by atoms with Crippen LogP contribution in [-0.2, 0) is 4.79 Å². The van der Waals surface area contributed by atoms with Crippen LogP contribution in [0.25, 0.3) is 0 Å². The van der Waals surface area contributed by atoms with Gasteiger partial charge in [-0.3, -0.25) is 14.8 Å². The zero-order valence-corrected chi connectivity index (χ0v) is 10.6. The summed E-state index contributed by atoms with van der Waals surface area (Å²) in [7, 11) is 0. The highest BCUT2D eigenvalue weighted by Gasteiger charge is 2.31. The van der Waals surface area contributed by atoms with Crippen molar-refractivity contribution in [2.45, 2.75) is 44.7 Å². The van der Waals surface area contributed by atoms with E-state index in [0.717, 1.165) is 43.9 Å². The van der Waals surface area contributed by atoms with Gasteiger partial charge in [-0.25, -0.2) is 4.98 Å². The van der Waals surface area contributed by atoms with E-state index in [1.807, 2.05) is 6.92 Å². The number of nitrogens with one attached hydrogen (secondary N) is 2. The molecule has 2 N–H and O–H groups in total. The molecule has 0 bridgehead atoms. The Hall–Kier alpha value is -1.43. The quantitative estimate of drug-likeness (QED) is 0.816. The molecule has 2 aliphatic rings. The number of likely N-dealkylation sites (tertiary alicyclic amines) is 1. The summed E-state index contributed by atoms with van der Waals surface area (Å²) in [5, 5.41) is 10.1. The Balaban J connectivity index is 1.61. The molecule has 1 aliphatic heterocycles. The van der Waals surface area contributed by atoms with E-state index >= 15 is 0 Å². The van der Waals surface area contributed by atoms with Gasteiger partial charge in [-0.15, -0.1) is 0 Å². The number of hydrogen-bond acceptors (Lipinski definition) is 4. The second-order valence-corrected chi connectivity index (χ2v) is 5.25. The highest BCUT2D eigenvalue weighted by atomic mass is 16.2. The van der Waals surface area contributed by atoms with Crippen LogP contribution in [0.2, 0.25) is 0 Å². The molecule has 0 aromatic carbocycles. The Kier molecular flexibility index (Phi) is 3.03. The maximum Gasteiger partial charge on any atom is 0.234 e. The number of carbonyl (C=O) groups excluding carboxylic acids is 1. The van der Waals surface area contributed by atoms with E-state index in [2.05, 4.69) is 25.4 Å². The van der Waals surface area contributed by atoms with Crippen molar-refractivity contribution in [1.29, 1.82) is 0 Å². The predicted octanol–water partition coefficient (Wildman–Crippen LogP) is 0.529. The van der Waals surface area contributed by atoms with E-state index in [-0.39, 0.29) is 11.9 Å². The van der Waals surface area contributed by atoms with E-state index in [0.29, 0.717) is 12.6 Å². The fraction of sp³-hybridized carbons (Fsp3) is 0.750. The molecule has 1 saturated heterocycles. The van der Waals surface area contributed by atoms with Gasteiger partial charge in [0.1, 0.15) is 5.82 Å². The average Bonchev–Trinajstić information content (AvgIpc) is 2.85. The topological polar surface area (TPSA) is 73.9 Å². The van der Waals surface area contributed by atoms with Gasteiger partial charge in [-0.1, -0.05) is 0 Å². The lowest BCUT2D eigenvalue weighted by Gasteiger charge is -2.21. The van der Waals surface area contributed by atoms with Crippen LogP contribution in [0.5, 0.6) is 0 Å². The van der Waals surface area contributed by atoms with Gasteiger partial charge in [0.05, 0.1) is 12.6 Å². The van der Waals surface area contributed by atoms with Gasteiger partial charge in [-0.2, -0.15) is 5.10 Å². The zero-order valence-electron chi connectivity index (χ0n) is 10.6. The highest BCUT2D eigenvalue weighted by molar-refractivity contribution is 5.78. The first-order valence-electron chi connectivity index (χ1n) is 6.64. The molecule has 1 saturated carbocycles. The Morgan fingerprint density at radius 1 is 1.50 bits per heavy atom. The molecule has 6 nitrogen and oxygen atoms in total. The third-order valence-electron chi connectivity index (χ3n) is 3.57. The molecule has 18 heavy (non-hydrogen) atoms. The molecule has 0 radical (unpaired) electrons. The minimum absolute atomic E-state index is 0.136. The van der Waals surface area contributed by atoms with E-state index in [4.69, 9.17) is 0 Å². The standard InChI is InChI=1S/C12H19N5O/c1-8-13-12(16-15-8)10-3-2-6-17(10)7-11(18)14-9-4-5-9/h9-10H,2-7H2,1H3,(H,14,18)(H,13,15,16)/t10-/m1/s1. The van der Waals surface area contributed by atoms with Crippen molar-refractivity contribution in [3.05, 3.63) is 11.6 Å². The molecule has 2 fully saturated rings. The number of aromatic nitrogens is 3. The summed E-state index contributed by atoms with van der Waals surface area (Å²) in [6, 6.07) is 0.629. The summed E-state index contributed by atoms with van der Waals surface area (Å²) in [4.78, 5) is 18.4. The molecule has 98 valence electrons. The van der Waals surface area contributed by atoms with Crippen LogP contribution in [0.3, 0.4) is 0 Å². The van der Waals surface area contributed by atoms with Crippen LogP contribution >= 0.6 is 0 Å². The van der Waals surface area contributed by atoms with Crippen LogP contribution in [0.1, 0.15) is 43.4 Å². The SMILES string of the molecule is Cc1nc([C@H]2CCCN2CC(=O)NC2CC2)n[nH]1. The smallest absolute Gasteiger partial charge is 0.234 e. The molecule has 1 aromatic heterocycles. The van der Waals surface area contributed by atoms with Crippen LogP contribution < -0.4 is 5.32 Å². The van der Waals surface area contributed by atoms with E-state index in [1.165, 1.54) is 0 Å². The molecule has 1 aliphatic carbocycles. The summed E-state index contributed by atoms with van der Waals surface area (Å²) in [6.45, 7) is 3.32. The molecular formula is C12H19N5O. The maximum atomic E-state index is 11.8. The minimum Gasteiger partial charge on any atom is -0.352 e. The largest absolute Gasteiger partial charge is 0.352 e. The van der Waals surface area contributed by atoms with Gasteiger partial charge in [0.2, 0.25) is 5.91 Å². The van der Waals surface area contributed by atoms with Crippen molar-refractivity contribution in [3.8, 4) is 0 Å². The van der Waals surface area contributed by atoms with E-state index in [9.17, 15) is 4.79 Å². The van der Waals surface area contributed by atoms with Gasteiger partial charge in [0, 0.05) is 6.04 Å². The number of aryl methyl sites for hydroxylation is 1. The number of H-pyrrole nitrogens is 1. The van der Waals surface area contributed by atoms with Gasteiger partial charge < -0.3 is 5.32 Å². The van der Waals surface area contributed by atoms with Crippen molar-refractivity contribution in [2.24, 2.45) is 0 Å². The van der Waals surface area contributed by atoms with Gasteiger partial charge >= 0.3 is 0 Å². The number of nitrogens with zero attached hydrogens (tertiary/aromatic N) is 3. The monoisotopic (exact) mass is 249 g/mol. The second kappa shape index (κ2) is 4.68. The predicted molar refractivity (Wildman–Crippen MR) is 65.8 cm³/mol. The molecule has 6 heteroatoms. The first-order valence-corrected chi connectivity index (χ1v) is 6.64. The normalized spacial score (nSPS) is 24.4. The Labute approximate surface area is 106 Å². The number of amides is 1. The maximum absolute atomic E-state index is 11.8. The van der Waals surface area contributed by atoms with Crippen molar-refractivity contribution in [3.63, 3.8) is 0 Å². The average molecular weight is 249 g/mol. The highest BCUT2D eigenvalue weighted by Crippen LogP contribution is 2.29. The fourth-order valence-corrected chi connectivity index (χ4v) is 2.50. The lowest BCUT2D eigenvalue weighted by atomic mass is 10.2. The van der Waals surface area contributed by atoms with Gasteiger partial charge in [0.25, 0.3) is 0 Å². The molecule has 2 heterocycles. The zero-order chi connectivity index (χ0) is 12.5. The molecule has 1 amide bonds. The molecule has 0 spiro atoms. The first-order chi connectivity index (χ1) is 8.72. The van der Waals surface area contributed by atoms with E-state index in [1.54, 1.807) is 0 Å². The Morgan fingerprint density at radius 2 is 2.33 bits per heavy atom. The summed E-state index contributed by atoms with van der Waals surface area (Å²) < 4.78 is 0. The summed E-state index contributed by atoms with van der Waals surface area (Å²) in [5.41, 5.74) is 0. The summed E-state index contributed by atoms with van der Waals surface area (Å²) >= 11 is 0. The third-order valence-corrected chi connectivity index (χ3v) is 3.57.